The molecule has 0 unspecified atom stereocenters. The van der Waals surface area contributed by atoms with Crippen molar-refractivity contribution in [3.63, 3.8) is 0 Å². The molecule has 0 bridgehead atoms. The van der Waals surface area contributed by atoms with E-state index in [9.17, 15) is 8.78 Å². The zero-order valence-electron chi connectivity index (χ0n) is 8.11. The summed E-state index contributed by atoms with van der Waals surface area (Å²) in [6, 6.07) is 2.57. The molecule has 0 N–H and O–H groups in total. The quantitative estimate of drug-likeness (QED) is 0.415. The van der Waals surface area contributed by atoms with Gasteiger partial charge in [-0.25, -0.2) is 8.78 Å². The molecular weight excluding hydrogens is 200 g/mol. The van der Waals surface area contributed by atoms with E-state index in [-0.39, 0.29) is 12.1 Å². The molecule has 0 fully saturated rings. The van der Waals surface area contributed by atoms with Crippen molar-refractivity contribution in [2.45, 2.75) is 6.92 Å². The molecule has 15 heavy (non-hydrogen) atoms. The molecular formula is C10H9F2N3. The average molecular weight is 209 g/mol. The number of aryl methyl sites for hydroxylation is 1. The molecule has 0 aromatic heterocycles. The molecule has 0 heterocycles. The van der Waals surface area contributed by atoms with Crippen molar-refractivity contribution in [3.8, 4) is 0 Å². The maximum Gasteiger partial charge on any atom is 0.136 e. The summed E-state index contributed by atoms with van der Waals surface area (Å²) in [6.07, 6.45) is 2.67. The summed E-state index contributed by atoms with van der Waals surface area (Å²) in [5.74, 6) is -1.22. The van der Waals surface area contributed by atoms with Gasteiger partial charge in [0.25, 0.3) is 0 Å². The minimum absolute atomic E-state index is 0.0727. The average Bonchev–Trinajstić information content (AvgIpc) is 2.23. The van der Waals surface area contributed by atoms with Gasteiger partial charge in [-0.05, 0) is 24.1 Å². The third kappa shape index (κ3) is 2.79. The second kappa shape index (κ2) is 5.12. The van der Waals surface area contributed by atoms with Crippen molar-refractivity contribution in [1.29, 1.82) is 0 Å². The van der Waals surface area contributed by atoms with E-state index in [1.165, 1.54) is 24.3 Å². The number of benzene rings is 1. The van der Waals surface area contributed by atoms with Crippen LogP contribution >= 0.6 is 0 Å². The van der Waals surface area contributed by atoms with E-state index in [0.29, 0.717) is 5.56 Å². The van der Waals surface area contributed by atoms with Gasteiger partial charge < -0.3 is 0 Å². The van der Waals surface area contributed by atoms with Crippen LogP contribution in [-0.2, 0) is 0 Å². The molecule has 3 nitrogen and oxygen atoms in total. The fourth-order valence-corrected chi connectivity index (χ4v) is 1.09. The fraction of sp³-hybridized carbons (Fsp3) is 0.200. The maximum atomic E-state index is 13.4. The van der Waals surface area contributed by atoms with Gasteiger partial charge in [0, 0.05) is 17.0 Å². The first-order valence-electron chi connectivity index (χ1n) is 4.29. The lowest BCUT2D eigenvalue weighted by molar-refractivity contribution is 0.573. The van der Waals surface area contributed by atoms with Crippen LogP contribution in [0.15, 0.2) is 23.3 Å². The number of halogens is 2. The third-order valence-corrected chi connectivity index (χ3v) is 1.85. The molecule has 0 atom stereocenters. The minimum Gasteiger partial charge on any atom is -0.206 e. The van der Waals surface area contributed by atoms with Crippen molar-refractivity contribution in [3.05, 3.63) is 51.4 Å². The van der Waals surface area contributed by atoms with Crippen LogP contribution in [0.25, 0.3) is 16.5 Å². The second-order valence-corrected chi connectivity index (χ2v) is 2.91. The van der Waals surface area contributed by atoms with Gasteiger partial charge in [-0.1, -0.05) is 23.3 Å². The van der Waals surface area contributed by atoms with Gasteiger partial charge >= 0.3 is 0 Å². The Morgan fingerprint density at radius 1 is 1.47 bits per heavy atom. The minimum atomic E-state index is -0.629. The van der Waals surface area contributed by atoms with Crippen LogP contribution in [0.4, 0.5) is 8.78 Å². The Morgan fingerprint density at radius 2 is 2.20 bits per heavy atom. The SMILES string of the molecule is Cc1ccc(F)c(C=CCN=[N+]=[N-])c1F. The van der Waals surface area contributed by atoms with Gasteiger partial charge in [0.15, 0.2) is 0 Å². The summed E-state index contributed by atoms with van der Waals surface area (Å²) in [6.45, 7) is 1.63. The first-order chi connectivity index (χ1) is 7.16. The van der Waals surface area contributed by atoms with Crippen molar-refractivity contribution in [2.75, 3.05) is 6.54 Å². The maximum absolute atomic E-state index is 13.4. The third-order valence-electron chi connectivity index (χ3n) is 1.85. The van der Waals surface area contributed by atoms with Gasteiger partial charge in [0.2, 0.25) is 0 Å². The van der Waals surface area contributed by atoms with Crippen LogP contribution in [0, 0.1) is 18.6 Å². The molecule has 1 rings (SSSR count). The van der Waals surface area contributed by atoms with Crippen molar-refractivity contribution in [1.82, 2.24) is 0 Å². The van der Waals surface area contributed by atoms with Gasteiger partial charge in [-0.3, -0.25) is 0 Å². The molecule has 0 aliphatic heterocycles. The Hall–Kier alpha value is -1.87. The van der Waals surface area contributed by atoms with Gasteiger partial charge in [0.05, 0.1) is 0 Å². The zero-order chi connectivity index (χ0) is 11.3. The number of hydrogen-bond donors (Lipinski definition) is 0. The highest BCUT2D eigenvalue weighted by Gasteiger charge is 2.07. The molecule has 0 spiro atoms. The van der Waals surface area contributed by atoms with E-state index >= 15 is 0 Å². The van der Waals surface area contributed by atoms with E-state index in [2.05, 4.69) is 10.0 Å². The van der Waals surface area contributed by atoms with E-state index in [4.69, 9.17) is 5.53 Å². The highest BCUT2D eigenvalue weighted by Crippen LogP contribution is 2.17. The van der Waals surface area contributed by atoms with Crippen molar-refractivity contribution in [2.24, 2.45) is 5.11 Å². The lowest BCUT2D eigenvalue weighted by Gasteiger charge is -2.01. The molecule has 5 heteroatoms. The first kappa shape index (κ1) is 11.2. The Kier molecular flexibility index (Phi) is 3.83. The topological polar surface area (TPSA) is 48.8 Å². The summed E-state index contributed by atoms with van der Waals surface area (Å²) >= 11 is 0. The number of nitrogens with zero attached hydrogens (tertiary/aromatic N) is 3. The number of azide groups is 1. The van der Waals surface area contributed by atoms with Crippen molar-refractivity contribution >= 4 is 6.08 Å². The molecule has 0 saturated carbocycles. The lowest BCUT2D eigenvalue weighted by atomic mass is 10.1. The number of hydrogen-bond acceptors (Lipinski definition) is 1. The van der Waals surface area contributed by atoms with Crippen LogP contribution in [0.2, 0.25) is 0 Å². The van der Waals surface area contributed by atoms with Gasteiger partial charge in [0.1, 0.15) is 11.6 Å². The van der Waals surface area contributed by atoms with Crippen LogP contribution in [-0.4, -0.2) is 6.54 Å². The summed E-state index contributed by atoms with van der Waals surface area (Å²) in [4.78, 5) is 2.52. The smallest absolute Gasteiger partial charge is 0.136 e. The van der Waals surface area contributed by atoms with Crippen LogP contribution in [0.1, 0.15) is 11.1 Å². The summed E-state index contributed by atoms with van der Waals surface area (Å²) < 4.78 is 26.5. The van der Waals surface area contributed by atoms with Gasteiger partial charge in [-0.2, -0.15) is 0 Å². The highest BCUT2D eigenvalue weighted by atomic mass is 19.1. The molecule has 1 aromatic carbocycles. The fourth-order valence-electron chi connectivity index (χ4n) is 1.09. The first-order valence-corrected chi connectivity index (χ1v) is 4.29. The summed E-state index contributed by atoms with van der Waals surface area (Å²) in [7, 11) is 0. The lowest BCUT2D eigenvalue weighted by Crippen LogP contribution is -1.92. The van der Waals surface area contributed by atoms with E-state index in [1.807, 2.05) is 0 Å². The largest absolute Gasteiger partial charge is 0.206 e. The molecule has 0 aliphatic carbocycles. The van der Waals surface area contributed by atoms with Crippen LogP contribution in [0.3, 0.4) is 0 Å². The Balaban J connectivity index is 2.98. The standard InChI is InChI=1S/C10H9F2N3/c1-7-4-5-9(11)8(10(7)12)3-2-6-14-15-13/h2-5H,6H2,1H3. The van der Waals surface area contributed by atoms with E-state index < -0.39 is 11.6 Å². The van der Waals surface area contributed by atoms with Crippen LogP contribution < -0.4 is 0 Å². The Morgan fingerprint density at radius 3 is 2.87 bits per heavy atom. The summed E-state index contributed by atoms with van der Waals surface area (Å²) in [5.41, 5.74) is 8.26. The van der Waals surface area contributed by atoms with E-state index in [1.54, 1.807) is 6.92 Å². The monoisotopic (exact) mass is 209 g/mol. The Labute approximate surface area is 85.7 Å². The second-order valence-electron chi connectivity index (χ2n) is 2.91. The predicted molar refractivity (Wildman–Crippen MR) is 54.1 cm³/mol. The zero-order valence-corrected chi connectivity index (χ0v) is 8.11. The van der Waals surface area contributed by atoms with Crippen molar-refractivity contribution < 1.29 is 8.78 Å². The molecule has 1 aromatic rings. The predicted octanol–water partition coefficient (Wildman–Crippen LogP) is 3.60. The van der Waals surface area contributed by atoms with E-state index in [0.717, 1.165) is 0 Å². The molecule has 0 radical (unpaired) electrons. The normalized spacial score (nSPS) is 10.3. The van der Waals surface area contributed by atoms with Gasteiger partial charge in [-0.15, -0.1) is 0 Å². The highest BCUT2D eigenvalue weighted by molar-refractivity contribution is 5.52. The molecule has 0 aliphatic rings. The van der Waals surface area contributed by atoms with Crippen LogP contribution in [0.5, 0.6) is 0 Å². The summed E-state index contributed by atoms with van der Waals surface area (Å²) in [5, 5.41) is 3.22. The number of rotatable bonds is 3. The molecule has 0 saturated heterocycles. The molecule has 0 amide bonds. The molecule has 78 valence electrons. The Bertz CT molecular complexity index is 435.